The van der Waals surface area contributed by atoms with Gasteiger partial charge in [0.05, 0.1) is 17.6 Å². The lowest BCUT2D eigenvalue weighted by Gasteiger charge is -2.55. The zero-order valence-electron chi connectivity index (χ0n) is 20.4. The molecule has 182 valence electrons. The summed E-state index contributed by atoms with van der Waals surface area (Å²) in [6.07, 6.45) is 7.26. The maximum absolute atomic E-state index is 13.2. The largest absolute Gasteiger partial charge is 0.352 e. The van der Waals surface area contributed by atoms with Crippen LogP contribution in [0.5, 0.6) is 0 Å². The molecule has 0 spiro atoms. The highest BCUT2D eigenvalue weighted by Crippen LogP contribution is 2.60. The first kappa shape index (κ1) is 22.3. The van der Waals surface area contributed by atoms with Crippen molar-refractivity contribution in [2.45, 2.75) is 65.1 Å². The second-order valence-corrected chi connectivity index (χ2v) is 11.0. The number of aryl methyl sites for hydroxylation is 1. The third-order valence-corrected chi connectivity index (χ3v) is 8.65. The van der Waals surface area contributed by atoms with E-state index in [0.717, 1.165) is 66.0 Å². The summed E-state index contributed by atoms with van der Waals surface area (Å²) in [4.78, 5) is 30.6. The minimum atomic E-state index is -0.121. The molecule has 0 aliphatic heterocycles. The number of para-hydroxylation sites is 2. The summed E-state index contributed by atoms with van der Waals surface area (Å²) in [6, 6.07) is 15.6. The molecular formula is C29H34N4O2. The van der Waals surface area contributed by atoms with Crippen molar-refractivity contribution in [1.29, 1.82) is 0 Å². The van der Waals surface area contributed by atoms with Crippen molar-refractivity contribution in [3.63, 3.8) is 0 Å². The summed E-state index contributed by atoms with van der Waals surface area (Å²) in [5, 5.41) is 6.23. The first-order chi connectivity index (χ1) is 17.0. The van der Waals surface area contributed by atoms with Gasteiger partial charge in [-0.3, -0.25) is 9.59 Å². The van der Waals surface area contributed by atoms with Crippen molar-refractivity contribution in [2.24, 2.45) is 23.2 Å². The van der Waals surface area contributed by atoms with Gasteiger partial charge in [0.2, 0.25) is 5.91 Å². The Balaban J connectivity index is 1.05. The van der Waals surface area contributed by atoms with Gasteiger partial charge in [0.15, 0.2) is 0 Å². The Morgan fingerprint density at radius 3 is 2.23 bits per heavy atom. The lowest BCUT2D eigenvalue weighted by atomic mass is 9.49. The van der Waals surface area contributed by atoms with Crippen LogP contribution in [0.25, 0.3) is 11.0 Å². The number of carbonyl (C=O) groups excluding carboxylic acids is 2. The number of benzene rings is 2. The zero-order valence-corrected chi connectivity index (χ0v) is 20.4. The van der Waals surface area contributed by atoms with Crippen LogP contribution in [0.3, 0.4) is 0 Å². The number of hydrogen-bond acceptors (Lipinski definition) is 3. The zero-order chi connectivity index (χ0) is 24.0. The van der Waals surface area contributed by atoms with E-state index < -0.39 is 0 Å². The van der Waals surface area contributed by atoms with Crippen LogP contribution in [-0.4, -0.2) is 21.4 Å². The van der Waals surface area contributed by atoms with Gasteiger partial charge in [-0.2, -0.15) is 0 Å². The number of imidazole rings is 1. The van der Waals surface area contributed by atoms with Gasteiger partial charge in [-0.05, 0) is 93.0 Å². The summed E-state index contributed by atoms with van der Waals surface area (Å²) < 4.78 is 2.13. The monoisotopic (exact) mass is 470 g/mol. The maximum Gasteiger partial charge on any atom is 0.251 e. The van der Waals surface area contributed by atoms with Gasteiger partial charge in [0, 0.05) is 24.1 Å². The minimum absolute atomic E-state index is 0.121. The quantitative estimate of drug-likeness (QED) is 0.520. The van der Waals surface area contributed by atoms with Crippen molar-refractivity contribution >= 4 is 22.8 Å². The van der Waals surface area contributed by atoms with Crippen LogP contribution in [-0.2, 0) is 24.4 Å². The summed E-state index contributed by atoms with van der Waals surface area (Å²) in [5.41, 5.74) is 3.54. The number of fused-ring (bicyclic) bond motifs is 1. The molecule has 4 fully saturated rings. The Kier molecular flexibility index (Phi) is 5.62. The Labute approximate surface area is 206 Å². The van der Waals surface area contributed by atoms with Crippen LogP contribution in [0.2, 0.25) is 0 Å². The van der Waals surface area contributed by atoms with Gasteiger partial charge >= 0.3 is 0 Å². The van der Waals surface area contributed by atoms with E-state index in [2.05, 4.69) is 33.2 Å². The molecule has 1 aromatic heterocycles. The molecule has 0 unspecified atom stereocenters. The third kappa shape index (κ3) is 4.13. The molecule has 0 saturated heterocycles. The molecule has 1 heterocycles. The first-order valence-corrected chi connectivity index (χ1v) is 13.1. The van der Waals surface area contributed by atoms with E-state index in [1.165, 1.54) is 19.3 Å². The van der Waals surface area contributed by atoms with Crippen molar-refractivity contribution in [1.82, 2.24) is 20.2 Å². The molecule has 3 aromatic rings. The molecule has 6 nitrogen and oxygen atoms in total. The molecule has 0 radical (unpaired) electrons. The number of carbonyl (C=O) groups is 2. The fraction of sp³-hybridized carbons (Fsp3) is 0.483. The smallest absolute Gasteiger partial charge is 0.251 e. The van der Waals surface area contributed by atoms with Crippen LogP contribution in [0.15, 0.2) is 48.5 Å². The Morgan fingerprint density at radius 2 is 1.57 bits per heavy atom. The van der Waals surface area contributed by atoms with Crippen LogP contribution >= 0.6 is 0 Å². The van der Waals surface area contributed by atoms with E-state index in [9.17, 15) is 9.59 Å². The number of rotatable bonds is 7. The van der Waals surface area contributed by atoms with Gasteiger partial charge in [0.25, 0.3) is 5.91 Å². The minimum Gasteiger partial charge on any atom is -0.352 e. The maximum atomic E-state index is 13.2. The lowest BCUT2D eigenvalue weighted by Crippen LogP contribution is -2.53. The third-order valence-electron chi connectivity index (χ3n) is 8.65. The molecule has 2 aromatic carbocycles. The molecule has 6 heteroatoms. The number of nitrogens with one attached hydrogen (secondary N) is 2. The highest BCUT2D eigenvalue weighted by atomic mass is 16.2. The summed E-state index contributed by atoms with van der Waals surface area (Å²) in [5.74, 6) is 3.27. The Bertz CT molecular complexity index is 1220. The summed E-state index contributed by atoms with van der Waals surface area (Å²) in [7, 11) is 0. The van der Waals surface area contributed by atoms with E-state index in [0.29, 0.717) is 18.7 Å². The van der Waals surface area contributed by atoms with Crippen LogP contribution in [0.4, 0.5) is 0 Å². The highest BCUT2D eigenvalue weighted by molar-refractivity contribution is 5.94. The Morgan fingerprint density at radius 1 is 0.914 bits per heavy atom. The molecule has 4 aliphatic carbocycles. The van der Waals surface area contributed by atoms with E-state index in [-0.39, 0.29) is 17.2 Å². The second-order valence-electron chi connectivity index (χ2n) is 11.0. The molecule has 4 bridgehead atoms. The van der Waals surface area contributed by atoms with Crippen molar-refractivity contribution in [3.8, 4) is 0 Å². The van der Waals surface area contributed by atoms with E-state index in [1.54, 1.807) is 0 Å². The summed E-state index contributed by atoms with van der Waals surface area (Å²) in [6.45, 7) is 3.78. The van der Waals surface area contributed by atoms with E-state index in [4.69, 9.17) is 0 Å². The lowest BCUT2D eigenvalue weighted by molar-refractivity contribution is -0.146. The molecule has 4 saturated carbocycles. The van der Waals surface area contributed by atoms with E-state index in [1.807, 2.05) is 42.5 Å². The van der Waals surface area contributed by atoms with Crippen molar-refractivity contribution in [2.75, 3.05) is 0 Å². The average molecular weight is 471 g/mol. The Hall–Kier alpha value is -3.15. The fourth-order valence-corrected chi connectivity index (χ4v) is 7.41. The standard InChI is InChI=1S/C29H34N4O2/c1-2-33-25-6-4-3-5-24(25)32-26(33)18-30-27(34)23-9-7-19(8-10-23)17-31-28(35)29-14-20-11-21(15-29)13-22(12-20)16-29/h3-10,20-22H,2,11-18H2,1H3,(H,30,34)(H,31,35). The van der Waals surface area contributed by atoms with Gasteiger partial charge in [-0.1, -0.05) is 24.3 Å². The average Bonchev–Trinajstić information content (AvgIpc) is 3.23. The SMILES string of the molecule is CCn1c(CNC(=O)c2ccc(CNC(=O)C34CC5CC(CC(C5)C3)C4)cc2)nc2ccccc21. The second kappa shape index (κ2) is 8.81. The normalized spacial score (nSPS) is 26.7. The van der Waals surface area contributed by atoms with Gasteiger partial charge in [-0.25, -0.2) is 4.98 Å². The molecule has 4 aliphatic rings. The van der Waals surface area contributed by atoms with Crippen molar-refractivity contribution in [3.05, 3.63) is 65.5 Å². The molecule has 2 amide bonds. The van der Waals surface area contributed by atoms with Crippen molar-refractivity contribution < 1.29 is 9.59 Å². The number of nitrogens with zero attached hydrogens (tertiary/aromatic N) is 2. The topological polar surface area (TPSA) is 76.0 Å². The predicted octanol–water partition coefficient (Wildman–Crippen LogP) is 4.82. The van der Waals surface area contributed by atoms with E-state index >= 15 is 0 Å². The number of amides is 2. The predicted molar refractivity (Wildman–Crippen MR) is 135 cm³/mol. The molecule has 7 rings (SSSR count). The van der Waals surface area contributed by atoms with Gasteiger partial charge in [0.1, 0.15) is 5.82 Å². The van der Waals surface area contributed by atoms with Gasteiger partial charge in [-0.15, -0.1) is 0 Å². The number of hydrogen-bond donors (Lipinski definition) is 2. The van der Waals surface area contributed by atoms with Crippen LogP contribution in [0, 0.1) is 23.2 Å². The fourth-order valence-electron chi connectivity index (χ4n) is 7.41. The van der Waals surface area contributed by atoms with Crippen LogP contribution < -0.4 is 10.6 Å². The number of aromatic nitrogens is 2. The molecule has 0 atom stereocenters. The molecule has 35 heavy (non-hydrogen) atoms. The van der Waals surface area contributed by atoms with Crippen LogP contribution in [0.1, 0.15) is 67.2 Å². The van der Waals surface area contributed by atoms with Gasteiger partial charge < -0.3 is 15.2 Å². The highest BCUT2D eigenvalue weighted by Gasteiger charge is 2.54. The first-order valence-electron chi connectivity index (χ1n) is 13.1. The molecular weight excluding hydrogens is 436 g/mol. The molecule has 2 N–H and O–H groups in total. The summed E-state index contributed by atoms with van der Waals surface area (Å²) >= 11 is 0.